The van der Waals surface area contributed by atoms with Gasteiger partial charge in [-0.2, -0.15) is 0 Å². The van der Waals surface area contributed by atoms with Gasteiger partial charge in [-0.15, -0.1) is 0 Å². The summed E-state index contributed by atoms with van der Waals surface area (Å²) in [7, 11) is 0. The number of carbonyl (C=O) groups excluding carboxylic acids is 1. The zero-order valence-electron chi connectivity index (χ0n) is 6.87. The summed E-state index contributed by atoms with van der Waals surface area (Å²) in [4.78, 5) is 20.8. The molecule has 1 aromatic rings. The van der Waals surface area contributed by atoms with E-state index in [0.717, 1.165) is 5.56 Å². The SMILES string of the molecule is O=C(Cl)c1cc(CBr)ccc1[N+](=O)[O-]. The minimum atomic E-state index is -0.820. The molecule has 74 valence electrons. The predicted octanol–water partition coefficient (Wildman–Crippen LogP) is 2.87. The molecule has 0 aromatic heterocycles. The van der Waals surface area contributed by atoms with Crippen LogP contribution in [0.3, 0.4) is 0 Å². The van der Waals surface area contributed by atoms with Gasteiger partial charge in [0.15, 0.2) is 0 Å². The van der Waals surface area contributed by atoms with Crippen LogP contribution in [0.5, 0.6) is 0 Å². The minimum absolute atomic E-state index is 0.0754. The van der Waals surface area contributed by atoms with Crippen LogP contribution in [0.2, 0.25) is 0 Å². The van der Waals surface area contributed by atoms with E-state index in [1.165, 1.54) is 12.1 Å². The highest BCUT2D eigenvalue weighted by Crippen LogP contribution is 2.22. The van der Waals surface area contributed by atoms with Gasteiger partial charge in [0.2, 0.25) is 0 Å². The quantitative estimate of drug-likeness (QED) is 0.370. The van der Waals surface area contributed by atoms with Crippen LogP contribution >= 0.6 is 27.5 Å². The van der Waals surface area contributed by atoms with Crippen molar-refractivity contribution >= 4 is 38.5 Å². The molecule has 0 unspecified atom stereocenters. The highest BCUT2D eigenvalue weighted by molar-refractivity contribution is 9.08. The molecule has 6 heteroatoms. The molecule has 4 nitrogen and oxygen atoms in total. The Morgan fingerprint density at radius 2 is 2.21 bits per heavy atom. The second-order valence-corrected chi connectivity index (χ2v) is 3.42. The van der Waals surface area contributed by atoms with Crippen molar-refractivity contribution in [3.63, 3.8) is 0 Å². The number of carbonyl (C=O) groups is 1. The summed E-state index contributed by atoms with van der Waals surface area (Å²) >= 11 is 8.40. The van der Waals surface area contributed by atoms with E-state index >= 15 is 0 Å². The molecule has 0 atom stereocenters. The third-order valence-corrected chi connectivity index (χ3v) is 2.47. The topological polar surface area (TPSA) is 60.2 Å². The molecule has 1 rings (SSSR count). The van der Waals surface area contributed by atoms with Crippen molar-refractivity contribution in [3.8, 4) is 0 Å². The van der Waals surface area contributed by atoms with Gasteiger partial charge >= 0.3 is 0 Å². The molecule has 0 N–H and O–H groups in total. The van der Waals surface area contributed by atoms with Crippen molar-refractivity contribution in [1.82, 2.24) is 0 Å². The molecule has 0 radical (unpaired) electrons. The molecule has 0 heterocycles. The number of alkyl halides is 1. The van der Waals surface area contributed by atoms with E-state index in [2.05, 4.69) is 15.9 Å². The van der Waals surface area contributed by atoms with Crippen LogP contribution in [0.15, 0.2) is 18.2 Å². The number of nitro benzene ring substituents is 1. The van der Waals surface area contributed by atoms with Crippen LogP contribution < -0.4 is 0 Å². The molecule has 0 spiro atoms. The van der Waals surface area contributed by atoms with E-state index in [0.29, 0.717) is 5.33 Å². The second kappa shape index (κ2) is 4.52. The Balaban J connectivity index is 3.31. The fourth-order valence-electron chi connectivity index (χ4n) is 0.983. The first-order valence-corrected chi connectivity index (χ1v) is 5.09. The summed E-state index contributed by atoms with van der Waals surface area (Å²) in [6.07, 6.45) is 0. The van der Waals surface area contributed by atoms with Crippen molar-refractivity contribution in [3.05, 3.63) is 39.4 Å². The Morgan fingerprint density at radius 1 is 1.57 bits per heavy atom. The summed E-state index contributed by atoms with van der Waals surface area (Å²) in [6.45, 7) is 0. The largest absolute Gasteiger partial charge is 0.281 e. The van der Waals surface area contributed by atoms with Gasteiger partial charge in [-0.3, -0.25) is 14.9 Å². The summed E-state index contributed by atoms with van der Waals surface area (Å²) in [6, 6.07) is 4.24. The number of halogens is 2. The third kappa shape index (κ3) is 2.30. The first-order chi connectivity index (χ1) is 6.56. The molecule has 0 amide bonds. The average Bonchev–Trinajstić information content (AvgIpc) is 2.16. The molecule has 0 saturated carbocycles. The normalized spacial score (nSPS) is 9.86. The van der Waals surface area contributed by atoms with Gasteiger partial charge in [0.05, 0.1) is 4.92 Å². The Hall–Kier alpha value is -0.940. The van der Waals surface area contributed by atoms with Gasteiger partial charge in [-0.1, -0.05) is 22.0 Å². The number of hydrogen-bond donors (Lipinski definition) is 0. The van der Waals surface area contributed by atoms with E-state index in [-0.39, 0.29) is 11.3 Å². The molecule has 14 heavy (non-hydrogen) atoms. The standard InChI is InChI=1S/C8H5BrClNO3/c9-4-5-1-2-7(11(13)14)6(3-5)8(10)12/h1-3H,4H2. The Kier molecular flexibility index (Phi) is 3.60. The zero-order valence-corrected chi connectivity index (χ0v) is 9.21. The van der Waals surface area contributed by atoms with E-state index in [9.17, 15) is 14.9 Å². The van der Waals surface area contributed by atoms with E-state index < -0.39 is 10.2 Å². The maximum absolute atomic E-state index is 10.9. The molecule has 0 aliphatic rings. The van der Waals surface area contributed by atoms with Crippen molar-refractivity contribution in [2.75, 3.05) is 0 Å². The number of nitrogens with zero attached hydrogens (tertiary/aromatic N) is 1. The maximum Gasteiger partial charge on any atom is 0.281 e. The monoisotopic (exact) mass is 277 g/mol. The van der Waals surface area contributed by atoms with Crippen LogP contribution in [0.4, 0.5) is 5.69 Å². The van der Waals surface area contributed by atoms with Crippen molar-refractivity contribution < 1.29 is 9.72 Å². The Labute approximate surface area is 93.1 Å². The molecule has 1 aromatic carbocycles. The van der Waals surface area contributed by atoms with Gasteiger partial charge in [0.25, 0.3) is 10.9 Å². The maximum atomic E-state index is 10.9. The lowest BCUT2D eigenvalue weighted by Gasteiger charge is -1.99. The minimum Gasteiger partial charge on any atom is -0.275 e. The predicted molar refractivity (Wildman–Crippen MR) is 55.9 cm³/mol. The highest BCUT2D eigenvalue weighted by Gasteiger charge is 2.18. The lowest BCUT2D eigenvalue weighted by Crippen LogP contribution is -1.99. The summed E-state index contributed by atoms with van der Waals surface area (Å²) < 4.78 is 0. The fourth-order valence-corrected chi connectivity index (χ4v) is 1.48. The smallest absolute Gasteiger partial charge is 0.275 e. The number of rotatable bonds is 3. The summed E-state index contributed by atoms with van der Waals surface area (Å²) in [5.74, 6) is 0. The van der Waals surface area contributed by atoms with Crippen molar-refractivity contribution in [2.45, 2.75) is 5.33 Å². The van der Waals surface area contributed by atoms with Crippen LogP contribution in [0, 0.1) is 10.1 Å². The number of benzene rings is 1. The summed E-state index contributed by atoms with van der Waals surface area (Å²) in [5, 5.41) is 10.2. The van der Waals surface area contributed by atoms with Crippen LogP contribution in [0.1, 0.15) is 15.9 Å². The molecule has 0 saturated heterocycles. The molecular formula is C8H5BrClNO3. The van der Waals surface area contributed by atoms with Crippen molar-refractivity contribution in [1.29, 1.82) is 0 Å². The first kappa shape index (κ1) is 11.1. The van der Waals surface area contributed by atoms with Gasteiger partial charge < -0.3 is 0 Å². The molecule has 0 aliphatic heterocycles. The zero-order chi connectivity index (χ0) is 10.7. The second-order valence-electron chi connectivity index (χ2n) is 2.52. The lowest BCUT2D eigenvalue weighted by atomic mass is 10.1. The fraction of sp³-hybridized carbons (Fsp3) is 0.125. The summed E-state index contributed by atoms with van der Waals surface area (Å²) in [5.41, 5.74) is 0.419. The third-order valence-electron chi connectivity index (χ3n) is 1.62. The first-order valence-electron chi connectivity index (χ1n) is 3.59. The van der Waals surface area contributed by atoms with Crippen LogP contribution in [-0.4, -0.2) is 10.2 Å². The van der Waals surface area contributed by atoms with Crippen molar-refractivity contribution in [2.24, 2.45) is 0 Å². The number of nitro groups is 1. The molecular weight excluding hydrogens is 273 g/mol. The van der Waals surface area contributed by atoms with Gasteiger partial charge in [0.1, 0.15) is 5.56 Å². The average molecular weight is 278 g/mol. The van der Waals surface area contributed by atoms with Gasteiger partial charge in [0, 0.05) is 11.4 Å². The number of hydrogen-bond acceptors (Lipinski definition) is 3. The van der Waals surface area contributed by atoms with Gasteiger partial charge in [-0.05, 0) is 23.2 Å². The van der Waals surface area contributed by atoms with E-state index in [4.69, 9.17) is 11.6 Å². The molecule has 0 bridgehead atoms. The van der Waals surface area contributed by atoms with Crippen LogP contribution in [-0.2, 0) is 5.33 Å². The van der Waals surface area contributed by atoms with E-state index in [1.807, 2.05) is 0 Å². The highest BCUT2D eigenvalue weighted by atomic mass is 79.9. The molecule has 0 aliphatic carbocycles. The Bertz CT molecular complexity index is 394. The van der Waals surface area contributed by atoms with E-state index in [1.54, 1.807) is 6.07 Å². The Morgan fingerprint density at radius 3 is 2.64 bits per heavy atom. The van der Waals surface area contributed by atoms with Gasteiger partial charge in [-0.25, -0.2) is 0 Å². The molecule has 0 fully saturated rings. The van der Waals surface area contributed by atoms with Crippen LogP contribution in [0.25, 0.3) is 0 Å². The lowest BCUT2D eigenvalue weighted by molar-refractivity contribution is -0.385.